The van der Waals surface area contributed by atoms with Gasteiger partial charge in [-0.05, 0) is 13.3 Å². The number of hydrogen-bond acceptors (Lipinski definition) is 4. The average molecular weight is 220 g/mol. The SMILES string of the molecule is CCCCC(C)(O)COCCOCCO. The molecule has 0 spiro atoms. The number of rotatable bonds is 10. The Morgan fingerprint density at radius 3 is 2.40 bits per heavy atom. The van der Waals surface area contributed by atoms with Crippen molar-refractivity contribution >= 4 is 0 Å². The molecule has 4 heteroatoms. The van der Waals surface area contributed by atoms with Gasteiger partial charge in [-0.15, -0.1) is 0 Å². The highest BCUT2D eigenvalue weighted by atomic mass is 16.5. The van der Waals surface area contributed by atoms with Crippen molar-refractivity contribution < 1.29 is 19.7 Å². The van der Waals surface area contributed by atoms with E-state index in [-0.39, 0.29) is 6.61 Å². The van der Waals surface area contributed by atoms with Gasteiger partial charge in [0.25, 0.3) is 0 Å². The molecule has 0 aliphatic rings. The van der Waals surface area contributed by atoms with Gasteiger partial charge in [-0.2, -0.15) is 0 Å². The molecule has 0 heterocycles. The molecule has 1 atom stereocenters. The monoisotopic (exact) mass is 220 g/mol. The summed E-state index contributed by atoms with van der Waals surface area (Å²) >= 11 is 0. The summed E-state index contributed by atoms with van der Waals surface area (Å²) in [4.78, 5) is 0. The van der Waals surface area contributed by atoms with E-state index in [4.69, 9.17) is 14.6 Å². The van der Waals surface area contributed by atoms with E-state index in [1.54, 1.807) is 6.92 Å². The van der Waals surface area contributed by atoms with Crippen molar-refractivity contribution in [2.45, 2.75) is 38.7 Å². The van der Waals surface area contributed by atoms with Gasteiger partial charge in [0.15, 0.2) is 0 Å². The fourth-order valence-electron chi connectivity index (χ4n) is 1.21. The van der Waals surface area contributed by atoms with Crippen LogP contribution in [0.3, 0.4) is 0 Å². The zero-order valence-corrected chi connectivity index (χ0v) is 9.87. The van der Waals surface area contributed by atoms with Gasteiger partial charge in [-0.3, -0.25) is 0 Å². The lowest BCUT2D eigenvalue weighted by atomic mass is 10.0. The third-order valence-electron chi connectivity index (χ3n) is 2.09. The van der Waals surface area contributed by atoms with Crippen molar-refractivity contribution in [3.8, 4) is 0 Å². The zero-order valence-electron chi connectivity index (χ0n) is 9.87. The van der Waals surface area contributed by atoms with Crippen LogP contribution >= 0.6 is 0 Å². The summed E-state index contributed by atoms with van der Waals surface area (Å²) in [7, 11) is 0. The van der Waals surface area contributed by atoms with Crippen molar-refractivity contribution in [1.82, 2.24) is 0 Å². The van der Waals surface area contributed by atoms with Crippen LogP contribution in [-0.2, 0) is 9.47 Å². The fourth-order valence-corrected chi connectivity index (χ4v) is 1.21. The minimum Gasteiger partial charge on any atom is -0.394 e. The lowest BCUT2D eigenvalue weighted by molar-refractivity contribution is -0.0543. The minimum absolute atomic E-state index is 0.0359. The largest absolute Gasteiger partial charge is 0.394 e. The predicted octanol–water partition coefficient (Wildman–Crippen LogP) is 0.953. The standard InChI is InChI=1S/C11H24O4/c1-3-4-5-11(2,13)10-15-9-8-14-7-6-12/h12-13H,3-10H2,1-2H3. The molecule has 0 saturated heterocycles. The van der Waals surface area contributed by atoms with E-state index in [1.165, 1.54) is 0 Å². The molecule has 0 amide bonds. The number of unbranched alkanes of at least 4 members (excludes halogenated alkanes) is 1. The van der Waals surface area contributed by atoms with E-state index in [0.717, 1.165) is 19.3 Å². The Morgan fingerprint density at radius 2 is 1.80 bits per heavy atom. The van der Waals surface area contributed by atoms with E-state index in [9.17, 15) is 5.11 Å². The molecule has 0 fully saturated rings. The minimum atomic E-state index is -0.729. The molecule has 0 aliphatic carbocycles. The van der Waals surface area contributed by atoms with Crippen molar-refractivity contribution in [3.63, 3.8) is 0 Å². The molecule has 0 aromatic heterocycles. The molecule has 4 nitrogen and oxygen atoms in total. The van der Waals surface area contributed by atoms with Gasteiger partial charge in [0.2, 0.25) is 0 Å². The molecule has 0 rings (SSSR count). The Hall–Kier alpha value is -0.160. The van der Waals surface area contributed by atoms with E-state index in [2.05, 4.69) is 6.92 Å². The highest BCUT2D eigenvalue weighted by Gasteiger charge is 2.19. The summed E-state index contributed by atoms with van der Waals surface area (Å²) in [6.07, 6.45) is 2.86. The molecule has 15 heavy (non-hydrogen) atoms. The number of aliphatic hydroxyl groups excluding tert-OH is 1. The summed E-state index contributed by atoms with van der Waals surface area (Å²) in [6, 6.07) is 0. The molecule has 0 aliphatic heterocycles. The smallest absolute Gasteiger partial charge is 0.0852 e. The van der Waals surface area contributed by atoms with Crippen LogP contribution in [0, 0.1) is 0 Å². The van der Waals surface area contributed by atoms with Crippen LogP contribution in [0.4, 0.5) is 0 Å². The van der Waals surface area contributed by atoms with Gasteiger partial charge < -0.3 is 19.7 Å². The topological polar surface area (TPSA) is 58.9 Å². The van der Waals surface area contributed by atoms with Crippen molar-refractivity contribution in [1.29, 1.82) is 0 Å². The first-order chi connectivity index (χ1) is 7.12. The maximum absolute atomic E-state index is 9.84. The highest BCUT2D eigenvalue weighted by molar-refractivity contribution is 4.71. The Morgan fingerprint density at radius 1 is 1.13 bits per heavy atom. The molecule has 1 unspecified atom stereocenters. The molecule has 2 N–H and O–H groups in total. The maximum atomic E-state index is 9.84. The van der Waals surface area contributed by atoms with Crippen molar-refractivity contribution in [2.24, 2.45) is 0 Å². The molecule has 0 aromatic carbocycles. The van der Waals surface area contributed by atoms with Crippen LogP contribution in [0.2, 0.25) is 0 Å². The predicted molar refractivity (Wildman–Crippen MR) is 58.9 cm³/mol. The molecule has 92 valence electrons. The van der Waals surface area contributed by atoms with Crippen LogP contribution in [-0.4, -0.2) is 48.8 Å². The van der Waals surface area contributed by atoms with Crippen molar-refractivity contribution in [2.75, 3.05) is 33.0 Å². The van der Waals surface area contributed by atoms with Gasteiger partial charge in [-0.25, -0.2) is 0 Å². The maximum Gasteiger partial charge on any atom is 0.0852 e. The van der Waals surface area contributed by atoms with Crippen LogP contribution in [0.1, 0.15) is 33.1 Å². The quantitative estimate of drug-likeness (QED) is 0.538. The first-order valence-electron chi connectivity index (χ1n) is 5.61. The van der Waals surface area contributed by atoms with E-state index in [1.807, 2.05) is 0 Å². The van der Waals surface area contributed by atoms with Gasteiger partial charge in [0.05, 0.1) is 38.6 Å². The Bertz CT molecular complexity index is 137. The fraction of sp³-hybridized carbons (Fsp3) is 1.00. The second kappa shape index (κ2) is 9.09. The lowest BCUT2D eigenvalue weighted by Gasteiger charge is -2.22. The number of hydrogen-bond donors (Lipinski definition) is 2. The third kappa shape index (κ3) is 10.1. The van der Waals surface area contributed by atoms with Gasteiger partial charge >= 0.3 is 0 Å². The van der Waals surface area contributed by atoms with Gasteiger partial charge in [-0.1, -0.05) is 19.8 Å². The average Bonchev–Trinajstić information content (AvgIpc) is 2.20. The molecule has 0 saturated carbocycles. The van der Waals surface area contributed by atoms with Gasteiger partial charge in [0, 0.05) is 0 Å². The molecule has 0 radical (unpaired) electrons. The molecule has 0 aromatic rings. The first kappa shape index (κ1) is 14.8. The van der Waals surface area contributed by atoms with E-state index < -0.39 is 5.60 Å². The summed E-state index contributed by atoms with van der Waals surface area (Å²) in [5.41, 5.74) is -0.729. The van der Waals surface area contributed by atoms with E-state index >= 15 is 0 Å². The second-order valence-electron chi connectivity index (χ2n) is 3.99. The number of ether oxygens (including phenoxy) is 2. The summed E-state index contributed by atoms with van der Waals surface area (Å²) in [5, 5.41) is 18.3. The summed E-state index contributed by atoms with van der Waals surface area (Å²) in [6.45, 7) is 5.53. The second-order valence-corrected chi connectivity index (χ2v) is 3.99. The normalized spacial score (nSPS) is 15.2. The Labute approximate surface area is 92.2 Å². The Kier molecular flexibility index (Phi) is 9.00. The highest BCUT2D eigenvalue weighted by Crippen LogP contribution is 2.13. The van der Waals surface area contributed by atoms with Gasteiger partial charge in [0.1, 0.15) is 0 Å². The van der Waals surface area contributed by atoms with E-state index in [0.29, 0.717) is 26.4 Å². The van der Waals surface area contributed by atoms with Crippen LogP contribution < -0.4 is 0 Å². The summed E-state index contributed by atoms with van der Waals surface area (Å²) < 4.78 is 10.3. The summed E-state index contributed by atoms with van der Waals surface area (Å²) in [5.74, 6) is 0. The molecular weight excluding hydrogens is 196 g/mol. The zero-order chi connectivity index (χ0) is 11.6. The first-order valence-corrected chi connectivity index (χ1v) is 5.61. The lowest BCUT2D eigenvalue weighted by Crippen LogP contribution is -2.31. The molecular formula is C11H24O4. The number of aliphatic hydroxyl groups is 2. The van der Waals surface area contributed by atoms with Crippen molar-refractivity contribution in [3.05, 3.63) is 0 Å². The van der Waals surface area contributed by atoms with Crippen LogP contribution in [0.15, 0.2) is 0 Å². The third-order valence-corrected chi connectivity index (χ3v) is 2.09. The van der Waals surface area contributed by atoms with Crippen LogP contribution in [0.5, 0.6) is 0 Å². The Balaban J connectivity index is 3.32. The van der Waals surface area contributed by atoms with Crippen LogP contribution in [0.25, 0.3) is 0 Å². The molecule has 0 bridgehead atoms.